The van der Waals surface area contributed by atoms with Crippen LogP contribution in [0.2, 0.25) is 0 Å². The number of hydrogen-bond donors (Lipinski definition) is 2. The summed E-state index contributed by atoms with van der Waals surface area (Å²) in [5, 5.41) is 0. The fourth-order valence-corrected chi connectivity index (χ4v) is 1.40. The highest BCUT2D eigenvalue weighted by Gasteiger charge is 2.25. The molecule has 0 aromatic rings. The summed E-state index contributed by atoms with van der Waals surface area (Å²) in [6, 6.07) is 0. The van der Waals surface area contributed by atoms with Crippen LogP contribution in [0.25, 0.3) is 0 Å². The number of amides is 2. The van der Waals surface area contributed by atoms with E-state index in [1.165, 1.54) is 6.92 Å². The van der Waals surface area contributed by atoms with E-state index in [1.54, 1.807) is 0 Å². The maximum Gasteiger partial charge on any atom is 0.242 e. The third kappa shape index (κ3) is 3.02. The van der Waals surface area contributed by atoms with Gasteiger partial charge in [-0.05, 0) is 20.0 Å². The fraction of sp³-hybridized carbons (Fsp3) is 0.750. The van der Waals surface area contributed by atoms with Crippen LogP contribution in [0.3, 0.4) is 0 Å². The number of nitrogens with one attached hydrogen (secondary N) is 2. The zero-order valence-electron chi connectivity index (χ0n) is 7.96. The molecule has 13 heavy (non-hydrogen) atoms. The minimum absolute atomic E-state index is 0.0110. The summed E-state index contributed by atoms with van der Waals surface area (Å²) in [6.45, 7) is 3.07. The van der Waals surface area contributed by atoms with Crippen molar-refractivity contribution in [1.29, 1.82) is 0 Å². The second-order valence-corrected chi connectivity index (χ2v) is 3.42. The number of hydrogen-bond acceptors (Lipinski definition) is 3. The molecular formula is C8H15N3O2. The van der Waals surface area contributed by atoms with E-state index in [1.807, 2.05) is 7.05 Å². The van der Waals surface area contributed by atoms with Crippen LogP contribution < -0.4 is 10.9 Å². The molecule has 5 nitrogen and oxygen atoms in total. The Balaban J connectivity index is 2.27. The van der Waals surface area contributed by atoms with Gasteiger partial charge < -0.3 is 4.90 Å². The van der Waals surface area contributed by atoms with Gasteiger partial charge in [-0.2, -0.15) is 0 Å². The molecule has 0 bridgehead atoms. The molecule has 0 aliphatic carbocycles. The average Bonchev–Trinajstić information content (AvgIpc) is 2.47. The molecule has 0 radical (unpaired) electrons. The zero-order valence-corrected chi connectivity index (χ0v) is 7.96. The van der Waals surface area contributed by atoms with E-state index in [9.17, 15) is 9.59 Å². The maximum absolute atomic E-state index is 11.3. The first-order chi connectivity index (χ1) is 6.09. The Bertz CT molecular complexity index is 217. The molecule has 2 N–H and O–H groups in total. The number of rotatable bonds is 1. The lowest BCUT2D eigenvalue weighted by atomic mass is 10.1. The van der Waals surface area contributed by atoms with Gasteiger partial charge in [0.05, 0.1) is 5.92 Å². The molecule has 1 rings (SSSR count). The van der Waals surface area contributed by atoms with Gasteiger partial charge >= 0.3 is 0 Å². The fourth-order valence-electron chi connectivity index (χ4n) is 1.40. The van der Waals surface area contributed by atoms with Crippen molar-refractivity contribution in [3.63, 3.8) is 0 Å². The van der Waals surface area contributed by atoms with Gasteiger partial charge in [-0.25, -0.2) is 0 Å². The van der Waals surface area contributed by atoms with Crippen LogP contribution in [0.5, 0.6) is 0 Å². The summed E-state index contributed by atoms with van der Waals surface area (Å²) in [7, 11) is 1.98. The summed E-state index contributed by atoms with van der Waals surface area (Å²) in [5.41, 5.74) is 4.66. The normalized spacial score (nSPS) is 22.8. The van der Waals surface area contributed by atoms with Crippen molar-refractivity contribution < 1.29 is 9.59 Å². The Morgan fingerprint density at radius 1 is 1.38 bits per heavy atom. The van der Waals surface area contributed by atoms with E-state index in [0.717, 1.165) is 19.5 Å². The molecule has 1 aliphatic heterocycles. The Kier molecular flexibility index (Phi) is 3.25. The van der Waals surface area contributed by atoms with Crippen molar-refractivity contribution in [2.75, 3.05) is 20.1 Å². The number of hydrazine groups is 1. The van der Waals surface area contributed by atoms with Crippen LogP contribution in [0, 0.1) is 5.92 Å². The van der Waals surface area contributed by atoms with Crippen molar-refractivity contribution in [2.45, 2.75) is 13.3 Å². The standard InChI is InChI=1S/C8H15N3O2/c1-6(12)9-10-8(13)7-3-4-11(2)5-7/h7H,3-5H2,1-2H3,(H,9,12)(H,10,13). The minimum Gasteiger partial charge on any atom is -0.306 e. The van der Waals surface area contributed by atoms with Crippen molar-refractivity contribution in [1.82, 2.24) is 15.8 Å². The Labute approximate surface area is 77.4 Å². The van der Waals surface area contributed by atoms with Crippen molar-refractivity contribution in [2.24, 2.45) is 5.92 Å². The first-order valence-corrected chi connectivity index (χ1v) is 4.34. The largest absolute Gasteiger partial charge is 0.306 e. The second kappa shape index (κ2) is 4.23. The lowest BCUT2D eigenvalue weighted by Crippen LogP contribution is -2.44. The number of carbonyl (C=O) groups excluding carboxylic acids is 2. The minimum atomic E-state index is -0.250. The number of likely N-dealkylation sites (tertiary alicyclic amines) is 1. The van der Waals surface area contributed by atoms with Gasteiger partial charge in [0.25, 0.3) is 0 Å². The Hall–Kier alpha value is -1.10. The lowest BCUT2D eigenvalue weighted by Gasteiger charge is -2.10. The van der Waals surface area contributed by atoms with Crippen LogP contribution in [0.15, 0.2) is 0 Å². The molecule has 1 heterocycles. The highest BCUT2D eigenvalue weighted by molar-refractivity contribution is 5.82. The average molecular weight is 185 g/mol. The number of nitrogens with zero attached hydrogens (tertiary/aromatic N) is 1. The van der Waals surface area contributed by atoms with Crippen molar-refractivity contribution >= 4 is 11.8 Å². The molecule has 1 fully saturated rings. The summed E-state index contributed by atoms with van der Waals surface area (Å²) in [6.07, 6.45) is 0.863. The summed E-state index contributed by atoms with van der Waals surface area (Å²) < 4.78 is 0. The van der Waals surface area contributed by atoms with Gasteiger partial charge in [0.1, 0.15) is 0 Å². The zero-order chi connectivity index (χ0) is 9.84. The van der Waals surface area contributed by atoms with Gasteiger partial charge in [-0.15, -0.1) is 0 Å². The molecule has 0 aromatic carbocycles. The third-order valence-electron chi connectivity index (χ3n) is 2.12. The highest BCUT2D eigenvalue weighted by atomic mass is 16.2. The Morgan fingerprint density at radius 3 is 2.54 bits per heavy atom. The quantitative estimate of drug-likeness (QED) is 0.521. The van der Waals surface area contributed by atoms with Gasteiger partial charge in [0, 0.05) is 13.5 Å². The molecule has 0 saturated carbocycles. The molecule has 5 heteroatoms. The van der Waals surface area contributed by atoms with E-state index in [2.05, 4.69) is 15.8 Å². The van der Waals surface area contributed by atoms with Gasteiger partial charge in [-0.1, -0.05) is 0 Å². The topological polar surface area (TPSA) is 61.4 Å². The van der Waals surface area contributed by atoms with E-state index >= 15 is 0 Å². The van der Waals surface area contributed by atoms with Crippen LogP contribution in [0.1, 0.15) is 13.3 Å². The van der Waals surface area contributed by atoms with Gasteiger partial charge in [0.15, 0.2) is 0 Å². The highest BCUT2D eigenvalue weighted by Crippen LogP contribution is 2.13. The van der Waals surface area contributed by atoms with E-state index in [-0.39, 0.29) is 17.7 Å². The second-order valence-electron chi connectivity index (χ2n) is 3.42. The smallest absolute Gasteiger partial charge is 0.242 e. The third-order valence-corrected chi connectivity index (χ3v) is 2.12. The summed E-state index contributed by atoms with van der Waals surface area (Å²) >= 11 is 0. The molecule has 1 saturated heterocycles. The SMILES string of the molecule is CC(=O)NNC(=O)C1CCN(C)C1. The summed E-state index contributed by atoms with van der Waals surface area (Å²) in [4.78, 5) is 23.9. The van der Waals surface area contributed by atoms with Crippen LogP contribution in [-0.4, -0.2) is 36.9 Å². The molecule has 0 spiro atoms. The first-order valence-electron chi connectivity index (χ1n) is 4.34. The summed E-state index contributed by atoms with van der Waals surface area (Å²) in [5.74, 6) is -0.337. The van der Waals surface area contributed by atoms with Crippen LogP contribution in [0.4, 0.5) is 0 Å². The van der Waals surface area contributed by atoms with Gasteiger partial charge in [0.2, 0.25) is 11.8 Å². The van der Waals surface area contributed by atoms with Crippen LogP contribution >= 0.6 is 0 Å². The molecular weight excluding hydrogens is 170 g/mol. The van der Waals surface area contributed by atoms with E-state index < -0.39 is 0 Å². The molecule has 74 valence electrons. The molecule has 1 aliphatic rings. The lowest BCUT2D eigenvalue weighted by molar-refractivity contribution is -0.130. The predicted octanol–water partition coefficient (Wildman–Crippen LogP) is -0.895. The molecule has 2 amide bonds. The molecule has 0 aromatic heterocycles. The van der Waals surface area contributed by atoms with E-state index in [4.69, 9.17) is 0 Å². The van der Waals surface area contributed by atoms with Crippen molar-refractivity contribution in [3.8, 4) is 0 Å². The van der Waals surface area contributed by atoms with Crippen molar-refractivity contribution in [3.05, 3.63) is 0 Å². The maximum atomic E-state index is 11.3. The first kappa shape index (κ1) is 9.98. The van der Waals surface area contributed by atoms with Gasteiger partial charge in [-0.3, -0.25) is 20.4 Å². The van der Waals surface area contributed by atoms with Crippen LogP contribution in [-0.2, 0) is 9.59 Å². The predicted molar refractivity (Wildman–Crippen MR) is 47.6 cm³/mol. The number of carbonyl (C=O) groups is 2. The molecule has 1 unspecified atom stereocenters. The monoisotopic (exact) mass is 185 g/mol. The Morgan fingerprint density at radius 2 is 2.08 bits per heavy atom. The molecule has 1 atom stereocenters. The van der Waals surface area contributed by atoms with E-state index in [0.29, 0.717) is 0 Å².